The van der Waals surface area contributed by atoms with Gasteiger partial charge < -0.3 is 25.3 Å². The minimum absolute atomic E-state index is 0.0914. The second kappa shape index (κ2) is 9.53. The molecular weight excluding hydrogens is 374 g/mol. The highest BCUT2D eigenvalue weighted by atomic mass is 32.1. The molecule has 0 aliphatic rings. The molecule has 3 N–H and O–H groups in total. The van der Waals surface area contributed by atoms with E-state index in [0.717, 1.165) is 5.56 Å². The maximum absolute atomic E-state index is 11.9. The Morgan fingerprint density at radius 2 is 2.00 bits per heavy atom. The second-order valence-corrected chi connectivity index (χ2v) is 6.12. The molecule has 0 aliphatic heterocycles. The summed E-state index contributed by atoms with van der Waals surface area (Å²) in [7, 11) is 3.08. The van der Waals surface area contributed by atoms with Crippen molar-refractivity contribution in [3.63, 3.8) is 0 Å². The highest BCUT2D eigenvalue weighted by Crippen LogP contribution is 2.38. The Kier molecular flexibility index (Phi) is 7.12. The first kappa shape index (κ1) is 20.2. The lowest BCUT2D eigenvalue weighted by atomic mass is 10.2. The van der Waals surface area contributed by atoms with Gasteiger partial charge in [-0.25, -0.2) is 4.98 Å². The number of hydrogen-bond donors (Lipinski definition) is 2. The van der Waals surface area contributed by atoms with Crippen molar-refractivity contribution in [2.75, 3.05) is 27.4 Å². The fourth-order valence-electron chi connectivity index (χ4n) is 2.15. The summed E-state index contributed by atoms with van der Waals surface area (Å²) in [6.07, 6.45) is -0.0914. The maximum atomic E-state index is 11.9. The molecule has 0 radical (unpaired) electrons. The molecule has 2 aromatic rings. The lowest BCUT2D eigenvalue weighted by Crippen LogP contribution is -2.36. The zero-order valence-corrected chi connectivity index (χ0v) is 15.6. The first-order valence-corrected chi connectivity index (χ1v) is 8.69. The Bertz CT molecular complexity index is 836. The quantitative estimate of drug-likeness (QED) is 0.594. The van der Waals surface area contributed by atoms with E-state index in [1.165, 1.54) is 18.4 Å². The monoisotopic (exact) mass is 393 g/mol. The Morgan fingerprint density at radius 3 is 2.67 bits per heavy atom. The standard InChI is InChI=1S/C17H19N3O6S/c1-24-12-5-3-4-11(16(12)25-2)17-20-10(9-27-17)6-15(23)26-8-14(22)19-7-13(18)21/h3-5,9H,6-8H2,1-2H3,(H2,18,21)(H,19,22). The van der Waals surface area contributed by atoms with E-state index in [1.807, 2.05) is 12.1 Å². The first-order valence-electron chi connectivity index (χ1n) is 7.81. The van der Waals surface area contributed by atoms with Gasteiger partial charge in [0, 0.05) is 5.38 Å². The predicted molar refractivity (Wildman–Crippen MR) is 97.5 cm³/mol. The highest BCUT2D eigenvalue weighted by molar-refractivity contribution is 7.13. The van der Waals surface area contributed by atoms with Gasteiger partial charge in [0.25, 0.3) is 5.91 Å². The average Bonchev–Trinajstić information content (AvgIpc) is 3.12. The summed E-state index contributed by atoms with van der Waals surface area (Å²) in [6, 6.07) is 5.43. The molecule has 0 bridgehead atoms. The topological polar surface area (TPSA) is 130 Å². The average molecular weight is 393 g/mol. The molecule has 10 heteroatoms. The number of aromatic nitrogens is 1. The minimum Gasteiger partial charge on any atom is -0.493 e. The number of benzene rings is 1. The summed E-state index contributed by atoms with van der Waals surface area (Å²) in [5, 5.41) is 4.61. The maximum Gasteiger partial charge on any atom is 0.312 e. The number of rotatable bonds is 9. The molecule has 9 nitrogen and oxygen atoms in total. The molecule has 2 amide bonds. The van der Waals surface area contributed by atoms with Crippen LogP contribution >= 0.6 is 11.3 Å². The van der Waals surface area contributed by atoms with Gasteiger partial charge in [-0.2, -0.15) is 0 Å². The fourth-order valence-corrected chi connectivity index (χ4v) is 2.99. The molecule has 0 saturated carbocycles. The molecule has 0 unspecified atom stereocenters. The zero-order valence-electron chi connectivity index (χ0n) is 14.8. The lowest BCUT2D eigenvalue weighted by Gasteiger charge is -2.10. The number of amides is 2. The third-order valence-electron chi connectivity index (χ3n) is 3.33. The number of esters is 1. The number of carbonyl (C=O) groups is 3. The Morgan fingerprint density at radius 1 is 1.22 bits per heavy atom. The van der Waals surface area contributed by atoms with E-state index in [-0.39, 0.29) is 13.0 Å². The highest BCUT2D eigenvalue weighted by Gasteiger charge is 2.16. The Labute approximate surface area is 159 Å². The van der Waals surface area contributed by atoms with Crippen molar-refractivity contribution in [1.82, 2.24) is 10.3 Å². The number of nitrogens with two attached hydrogens (primary N) is 1. The van der Waals surface area contributed by atoms with Crippen LogP contribution in [0.2, 0.25) is 0 Å². The molecule has 1 heterocycles. The van der Waals surface area contributed by atoms with Crippen LogP contribution in [-0.2, 0) is 25.5 Å². The molecule has 1 aromatic carbocycles. The van der Waals surface area contributed by atoms with Crippen molar-refractivity contribution >= 4 is 29.1 Å². The summed E-state index contributed by atoms with van der Waals surface area (Å²) >= 11 is 1.34. The van der Waals surface area contributed by atoms with E-state index in [9.17, 15) is 14.4 Å². The van der Waals surface area contributed by atoms with Crippen LogP contribution < -0.4 is 20.5 Å². The molecule has 27 heavy (non-hydrogen) atoms. The number of primary amides is 1. The summed E-state index contributed by atoms with van der Waals surface area (Å²) in [4.78, 5) is 38.2. The van der Waals surface area contributed by atoms with Crippen molar-refractivity contribution in [2.45, 2.75) is 6.42 Å². The van der Waals surface area contributed by atoms with Crippen molar-refractivity contribution in [3.8, 4) is 22.1 Å². The van der Waals surface area contributed by atoms with Gasteiger partial charge in [-0.3, -0.25) is 14.4 Å². The predicted octanol–water partition coefficient (Wildman–Crippen LogP) is 0.515. The van der Waals surface area contributed by atoms with Gasteiger partial charge in [0.1, 0.15) is 5.01 Å². The molecular formula is C17H19N3O6S. The number of carbonyl (C=O) groups excluding carboxylic acids is 3. The van der Waals surface area contributed by atoms with E-state index in [0.29, 0.717) is 22.2 Å². The van der Waals surface area contributed by atoms with E-state index in [2.05, 4.69) is 10.3 Å². The van der Waals surface area contributed by atoms with Gasteiger partial charge in [-0.15, -0.1) is 11.3 Å². The molecule has 2 rings (SSSR count). The van der Waals surface area contributed by atoms with Crippen LogP contribution in [0.15, 0.2) is 23.6 Å². The summed E-state index contributed by atoms with van der Waals surface area (Å²) < 4.78 is 15.5. The largest absolute Gasteiger partial charge is 0.493 e. The number of para-hydroxylation sites is 1. The number of ether oxygens (including phenoxy) is 3. The Hall–Kier alpha value is -3.14. The third kappa shape index (κ3) is 5.68. The first-order chi connectivity index (χ1) is 12.9. The van der Waals surface area contributed by atoms with Crippen LogP contribution in [0.3, 0.4) is 0 Å². The molecule has 0 spiro atoms. The number of nitrogens with zero attached hydrogens (tertiary/aromatic N) is 1. The van der Waals surface area contributed by atoms with Gasteiger partial charge in [0.15, 0.2) is 18.1 Å². The van der Waals surface area contributed by atoms with Crippen LogP contribution in [0, 0.1) is 0 Å². The van der Waals surface area contributed by atoms with Crippen LogP contribution in [-0.4, -0.2) is 50.1 Å². The fraction of sp³-hybridized carbons (Fsp3) is 0.294. The SMILES string of the molecule is COc1cccc(-c2nc(CC(=O)OCC(=O)NCC(N)=O)cs2)c1OC. The van der Waals surface area contributed by atoms with Gasteiger partial charge in [0.05, 0.1) is 38.4 Å². The van der Waals surface area contributed by atoms with Crippen molar-refractivity contribution in [2.24, 2.45) is 5.73 Å². The van der Waals surface area contributed by atoms with Crippen LogP contribution in [0.4, 0.5) is 0 Å². The van der Waals surface area contributed by atoms with Gasteiger partial charge in [-0.1, -0.05) is 6.07 Å². The van der Waals surface area contributed by atoms with Gasteiger partial charge in [-0.05, 0) is 12.1 Å². The minimum atomic E-state index is -0.683. The smallest absolute Gasteiger partial charge is 0.312 e. The number of nitrogens with one attached hydrogen (secondary N) is 1. The summed E-state index contributed by atoms with van der Waals surface area (Å²) in [6.45, 7) is -0.805. The second-order valence-electron chi connectivity index (χ2n) is 5.27. The summed E-state index contributed by atoms with van der Waals surface area (Å²) in [5.41, 5.74) is 6.15. The number of hydrogen-bond acceptors (Lipinski definition) is 8. The summed E-state index contributed by atoms with van der Waals surface area (Å²) in [5.74, 6) is -0.777. The van der Waals surface area contributed by atoms with Crippen molar-refractivity contribution < 1.29 is 28.6 Å². The Balaban J connectivity index is 1.97. The van der Waals surface area contributed by atoms with E-state index in [4.69, 9.17) is 19.9 Å². The van der Waals surface area contributed by atoms with E-state index in [1.54, 1.807) is 18.6 Å². The number of methoxy groups -OCH3 is 2. The van der Waals surface area contributed by atoms with Crippen LogP contribution in [0.25, 0.3) is 10.6 Å². The molecule has 0 saturated heterocycles. The van der Waals surface area contributed by atoms with Crippen molar-refractivity contribution in [1.29, 1.82) is 0 Å². The number of thiazole rings is 1. The molecule has 1 aromatic heterocycles. The van der Waals surface area contributed by atoms with Gasteiger partial charge >= 0.3 is 5.97 Å². The normalized spacial score (nSPS) is 10.1. The lowest BCUT2D eigenvalue weighted by molar-refractivity contribution is -0.148. The van der Waals surface area contributed by atoms with E-state index >= 15 is 0 Å². The van der Waals surface area contributed by atoms with Crippen LogP contribution in [0.5, 0.6) is 11.5 Å². The molecule has 0 atom stereocenters. The zero-order chi connectivity index (χ0) is 19.8. The molecule has 144 valence electrons. The third-order valence-corrected chi connectivity index (χ3v) is 4.26. The molecule has 0 aliphatic carbocycles. The van der Waals surface area contributed by atoms with Gasteiger partial charge in [0.2, 0.25) is 5.91 Å². The van der Waals surface area contributed by atoms with E-state index < -0.39 is 24.4 Å². The van der Waals surface area contributed by atoms with Crippen molar-refractivity contribution in [3.05, 3.63) is 29.3 Å². The molecule has 0 fully saturated rings. The van der Waals surface area contributed by atoms with Crippen LogP contribution in [0.1, 0.15) is 5.69 Å².